The van der Waals surface area contributed by atoms with Gasteiger partial charge in [-0.2, -0.15) is 0 Å². The van der Waals surface area contributed by atoms with E-state index in [1.165, 1.54) is 83.5 Å². The molecule has 0 aliphatic carbocycles. The Morgan fingerprint density at radius 1 is 0.667 bits per heavy atom. The van der Waals surface area contributed by atoms with E-state index in [0.717, 1.165) is 12.8 Å². The van der Waals surface area contributed by atoms with Gasteiger partial charge in [0.25, 0.3) is 0 Å². The number of hydrazine groups is 1. The van der Waals surface area contributed by atoms with Crippen LogP contribution in [0.1, 0.15) is 110 Å². The fraction of sp³-hybridized carbons (Fsp3) is 0.944. The summed E-state index contributed by atoms with van der Waals surface area (Å²) in [5.41, 5.74) is 2.18. The number of hydrogen-bond acceptors (Lipinski definition) is 2. The maximum atomic E-state index is 10.9. The highest BCUT2D eigenvalue weighted by Crippen LogP contribution is 2.13. The molecule has 0 aromatic heterocycles. The summed E-state index contributed by atoms with van der Waals surface area (Å²) in [5, 5.41) is 0. The van der Waals surface area contributed by atoms with Crippen LogP contribution in [0, 0.1) is 0 Å². The predicted molar refractivity (Wildman–Crippen MR) is 91.9 cm³/mol. The van der Waals surface area contributed by atoms with Gasteiger partial charge >= 0.3 is 0 Å². The number of nitrogens with one attached hydrogen (secondary N) is 1. The molecule has 3 nitrogen and oxygen atoms in total. The van der Waals surface area contributed by atoms with Crippen LogP contribution in [-0.4, -0.2) is 5.91 Å². The second kappa shape index (κ2) is 17.5. The molecule has 126 valence electrons. The molecular weight excluding hydrogens is 260 g/mol. The van der Waals surface area contributed by atoms with Gasteiger partial charge in [-0.1, -0.05) is 96.8 Å². The van der Waals surface area contributed by atoms with E-state index < -0.39 is 0 Å². The van der Waals surface area contributed by atoms with E-state index in [2.05, 4.69) is 12.3 Å². The highest BCUT2D eigenvalue weighted by molar-refractivity contribution is 5.74. The molecule has 0 saturated heterocycles. The van der Waals surface area contributed by atoms with Gasteiger partial charge in [0.2, 0.25) is 5.91 Å². The number of carbonyl (C=O) groups excluding carboxylic acids is 1. The number of carbonyl (C=O) groups is 1. The molecule has 1 amide bonds. The van der Waals surface area contributed by atoms with Crippen molar-refractivity contribution in [1.29, 1.82) is 0 Å². The third-order valence-electron chi connectivity index (χ3n) is 4.17. The molecule has 0 aromatic rings. The van der Waals surface area contributed by atoms with Crippen LogP contribution >= 0.6 is 0 Å². The maximum Gasteiger partial charge on any atom is 0.233 e. The molecular formula is C18H38N2O. The van der Waals surface area contributed by atoms with Gasteiger partial charge in [0.15, 0.2) is 0 Å². The fourth-order valence-electron chi connectivity index (χ4n) is 2.73. The Bertz CT molecular complexity index is 219. The van der Waals surface area contributed by atoms with E-state index in [1.54, 1.807) is 0 Å². The minimum absolute atomic E-state index is 0.0373. The molecule has 0 aliphatic heterocycles. The highest BCUT2D eigenvalue weighted by Gasteiger charge is 1.97. The Labute approximate surface area is 132 Å². The van der Waals surface area contributed by atoms with Gasteiger partial charge < -0.3 is 0 Å². The van der Waals surface area contributed by atoms with Gasteiger partial charge in [-0.15, -0.1) is 0 Å². The lowest BCUT2D eigenvalue weighted by Gasteiger charge is -2.03. The van der Waals surface area contributed by atoms with Crippen LogP contribution in [0.5, 0.6) is 0 Å². The second-order valence-corrected chi connectivity index (χ2v) is 6.27. The van der Waals surface area contributed by atoms with Crippen LogP contribution in [0.2, 0.25) is 0 Å². The quantitative estimate of drug-likeness (QED) is 0.177. The molecule has 0 atom stereocenters. The van der Waals surface area contributed by atoms with E-state index in [4.69, 9.17) is 5.84 Å². The van der Waals surface area contributed by atoms with Crippen molar-refractivity contribution < 1.29 is 4.79 Å². The molecule has 3 heteroatoms. The van der Waals surface area contributed by atoms with E-state index in [0.29, 0.717) is 6.42 Å². The molecule has 0 rings (SSSR count). The standard InChI is InChI=1S/C18H38N2O/c1-2-3-4-5-6-7-8-9-10-11-12-13-14-15-16-17-18(21)20-19/h2-17,19H2,1H3,(H,20,21). The molecule has 3 N–H and O–H groups in total. The SMILES string of the molecule is CCCCCCCCCCCCCCCCCC(=O)NN. The summed E-state index contributed by atoms with van der Waals surface area (Å²) in [5.74, 6) is 5.00. The Hall–Kier alpha value is -0.570. The second-order valence-electron chi connectivity index (χ2n) is 6.27. The van der Waals surface area contributed by atoms with E-state index in [1.807, 2.05) is 0 Å². The average Bonchev–Trinajstić information content (AvgIpc) is 2.50. The molecule has 0 unspecified atom stereocenters. The van der Waals surface area contributed by atoms with Crippen molar-refractivity contribution in [3.8, 4) is 0 Å². The summed E-state index contributed by atoms with van der Waals surface area (Å²) in [7, 11) is 0. The number of rotatable bonds is 16. The van der Waals surface area contributed by atoms with Crippen LogP contribution in [0.4, 0.5) is 0 Å². The van der Waals surface area contributed by atoms with Crippen LogP contribution in [0.25, 0.3) is 0 Å². The first-order valence-electron chi connectivity index (χ1n) is 9.30. The number of hydrogen-bond donors (Lipinski definition) is 2. The first kappa shape index (κ1) is 20.4. The van der Waals surface area contributed by atoms with Gasteiger partial charge in [0.1, 0.15) is 0 Å². The molecule has 0 heterocycles. The van der Waals surface area contributed by atoms with Crippen molar-refractivity contribution in [2.75, 3.05) is 0 Å². The first-order valence-corrected chi connectivity index (χ1v) is 9.30. The van der Waals surface area contributed by atoms with Crippen molar-refractivity contribution in [1.82, 2.24) is 5.43 Å². The lowest BCUT2D eigenvalue weighted by Crippen LogP contribution is -2.29. The molecule has 0 radical (unpaired) electrons. The van der Waals surface area contributed by atoms with Gasteiger partial charge in [0, 0.05) is 6.42 Å². The minimum Gasteiger partial charge on any atom is -0.294 e. The van der Waals surface area contributed by atoms with Crippen LogP contribution in [-0.2, 0) is 4.79 Å². The summed E-state index contributed by atoms with van der Waals surface area (Å²) in [6, 6.07) is 0. The van der Waals surface area contributed by atoms with Crippen LogP contribution in [0.3, 0.4) is 0 Å². The van der Waals surface area contributed by atoms with Crippen LogP contribution in [0.15, 0.2) is 0 Å². The zero-order valence-corrected chi connectivity index (χ0v) is 14.3. The zero-order valence-electron chi connectivity index (χ0n) is 14.3. The third kappa shape index (κ3) is 17.4. The van der Waals surface area contributed by atoms with Crippen molar-refractivity contribution in [3.63, 3.8) is 0 Å². The zero-order chi connectivity index (χ0) is 15.6. The van der Waals surface area contributed by atoms with Crippen molar-refractivity contribution in [2.45, 2.75) is 110 Å². The summed E-state index contributed by atoms with van der Waals surface area (Å²) in [6.07, 6.45) is 20.8. The minimum atomic E-state index is -0.0373. The number of nitrogens with two attached hydrogens (primary N) is 1. The Kier molecular flexibility index (Phi) is 17.0. The third-order valence-corrected chi connectivity index (χ3v) is 4.17. The van der Waals surface area contributed by atoms with Crippen molar-refractivity contribution >= 4 is 5.91 Å². The fourth-order valence-corrected chi connectivity index (χ4v) is 2.73. The highest BCUT2D eigenvalue weighted by atomic mass is 16.2. The number of unbranched alkanes of at least 4 members (excludes halogenated alkanes) is 14. The van der Waals surface area contributed by atoms with Gasteiger partial charge in [-0.25, -0.2) is 5.84 Å². The topological polar surface area (TPSA) is 55.1 Å². The summed E-state index contributed by atoms with van der Waals surface area (Å²) < 4.78 is 0. The summed E-state index contributed by atoms with van der Waals surface area (Å²) >= 11 is 0. The Morgan fingerprint density at radius 2 is 1.00 bits per heavy atom. The van der Waals surface area contributed by atoms with Crippen molar-refractivity contribution in [2.24, 2.45) is 5.84 Å². The van der Waals surface area contributed by atoms with Crippen molar-refractivity contribution in [3.05, 3.63) is 0 Å². The lowest BCUT2D eigenvalue weighted by molar-refractivity contribution is -0.121. The Morgan fingerprint density at radius 3 is 1.33 bits per heavy atom. The smallest absolute Gasteiger partial charge is 0.233 e. The molecule has 0 aliphatic rings. The normalized spacial score (nSPS) is 10.8. The molecule has 21 heavy (non-hydrogen) atoms. The Balaban J connectivity index is 2.98. The van der Waals surface area contributed by atoms with Crippen LogP contribution < -0.4 is 11.3 Å². The molecule has 0 fully saturated rings. The van der Waals surface area contributed by atoms with E-state index in [-0.39, 0.29) is 5.91 Å². The average molecular weight is 299 g/mol. The maximum absolute atomic E-state index is 10.9. The molecule has 0 bridgehead atoms. The van der Waals surface area contributed by atoms with Gasteiger partial charge in [-0.3, -0.25) is 10.2 Å². The number of amides is 1. The van der Waals surface area contributed by atoms with Gasteiger partial charge in [0.05, 0.1) is 0 Å². The predicted octanol–water partition coefficient (Wildman–Crippen LogP) is 5.24. The largest absolute Gasteiger partial charge is 0.294 e. The van der Waals surface area contributed by atoms with Gasteiger partial charge in [-0.05, 0) is 6.42 Å². The lowest BCUT2D eigenvalue weighted by atomic mass is 10.0. The summed E-state index contributed by atoms with van der Waals surface area (Å²) in [6.45, 7) is 2.27. The first-order chi connectivity index (χ1) is 10.3. The monoisotopic (exact) mass is 298 g/mol. The molecule has 0 saturated carbocycles. The van der Waals surface area contributed by atoms with E-state index in [9.17, 15) is 4.79 Å². The molecule has 0 spiro atoms. The summed E-state index contributed by atoms with van der Waals surface area (Å²) in [4.78, 5) is 10.9. The van der Waals surface area contributed by atoms with E-state index >= 15 is 0 Å². The molecule has 0 aromatic carbocycles.